The van der Waals surface area contributed by atoms with Gasteiger partial charge < -0.3 is 15.0 Å². The number of hydrogen-bond donors (Lipinski definition) is 2. The molecule has 158 valence electrons. The number of benzene rings is 2. The van der Waals surface area contributed by atoms with Crippen LogP contribution >= 0.6 is 0 Å². The quantitative estimate of drug-likeness (QED) is 0.760. The second kappa shape index (κ2) is 7.32. The number of aryl methyl sites for hydroxylation is 1. The highest BCUT2D eigenvalue weighted by atomic mass is 32.2. The lowest BCUT2D eigenvalue weighted by Gasteiger charge is -2.26. The molecule has 2 amide bonds. The van der Waals surface area contributed by atoms with Crippen molar-refractivity contribution < 1.29 is 22.7 Å². The second-order valence-electron chi connectivity index (χ2n) is 7.54. The topological polar surface area (TPSA) is 105 Å². The maximum Gasteiger partial charge on any atom is 0.262 e. The van der Waals surface area contributed by atoms with Gasteiger partial charge in [0, 0.05) is 19.2 Å². The Morgan fingerprint density at radius 2 is 2.00 bits per heavy atom. The molecule has 4 rings (SSSR count). The molecule has 1 atom stereocenters. The molecule has 0 aliphatic carbocycles. The van der Waals surface area contributed by atoms with Gasteiger partial charge >= 0.3 is 0 Å². The van der Waals surface area contributed by atoms with E-state index >= 15 is 0 Å². The number of carbonyl (C=O) groups excluding carboxylic acids is 2. The summed E-state index contributed by atoms with van der Waals surface area (Å²) in [5.74, 6) is -0.303. The van der Waals surface area contributed by atoms with E-state index in [1.807, 2.05) is 0 Å². The summed E-state index contributed by atoms with van der Waals surface area (Å²) in [6.45, 7) is 3.84. The van der Waals surface area contributed by atoms with Gasteiger partial charge in [-0.15, -0.1) is 0 Å². The molecule has 0 saturated carbocycles. The van der Waals surface area contributed by atoms with Crippen molar-refractivity contribution in [2.24, 2.45) is 0 Å². The van der Waals surface area contributed by atoms with Crippen molar-refractivity contribution in [2.75, 3.05) is 28.6 Å². The van der Waals surface area contributed by atoms with Crippen molar-refractivity contribution in [3.63, 3.8) is 0 Å². The summed E-state index contributed by atoms with van der Waals surface area (Å²) in [5.41, 5.74) is 3.14. The number of carbonyl (C=O) groups is 2. The van der Waals surface area contributed by atoms with Gasteiger partial charge in [0.2, 0.25) is 11.8 Å². The maximum absolute atomic E-state index is 13.2. The Balaban J connectivity index is 1.74. The molecule has 0 fully saturated rings. The first-order valence-corrected chi connectivity index (χ1v) is 11.2. The first kappa shape index (κ1) is 20.2. The van der Waals surface area contributed by atoms with Crippen molar-refractivity contribution in [1.82, 2.24) is 0 Å². The largest absolute Gasteiger partial charge is 0.495 e. The van der Waals surface area contributed by atoms with Crippen LogP contribution in [0.25, 0.3) is 0 Å². The molecule has 2 aromatic carbocycles. The van der Waals surface area contributed by atoms with E-state index in [1.54, 1.807) is 36.1 Å². The molecule has 0 spiro atoms. The van der Waals surface area contributed by atoms with Crippen molar-refractivity contribution >= 4 is 38.9 Å². The Bertz CT molecular complexity index is 1160. The minimum Gasteiger partial charge on any atom is -0.495 e. The number of methoxy groups -OCH3 is 1. The summed E-state index contributed by atoms with van der Waals surface area (Å²) >= 11 is 0. The summed E-state index contributed by atoms with van der Waals surface area (Å²) in [7, 11) is -2.52. The van der Waals surface area contributed by atoms with Crippen molar-refractivity contribution in [3.05, 3.63) is 41.5 Å². The van der Waals surface area contributed by atoms with Crippen LogP contribution in [0.3, 0.4) is 0 Å². The van der Waals surface area contributed by atoms with E-state index in [9.17, 15) is 18.0 Å². The fourth-order valence-corrected chi connectivity index (χ4v) is 5.24. The van der Waals surface area contributed by atoms with Gasteiger partial charge in [0.25, 0.3) is 10.0 Å². The van der Waals surface area contributed by atoms with Gasteiger partial charge in [-0.1, -0.05) is 0 Å². The monoisotopic (exact) mass is 429 g/mol. The molecule has 2 heterocycles. The third-order valence-electron chi connectivity index (χ3n) is 5.47. The summed E-state index contributed by atoms with van der Waals surface area (Å²) in [6, 6.07) is 7.93. The van der Waals surface area contributed by atoms with Crippen LogP contribution in [0.5, 0.6) is 5.75 Å². The molecule has 0 unspecified atom stereocenters. The average Bonchev–Trinajstić information content (AvgIpc) is 2.94. The minimum absolute atomic E-state index is 0.0122. The standard InChI is InChI=1S/C21H23N3O5S/c1-12-17-11-16(9-14-5-4-8-24(20(14)17)21(12)26)30(27,28)23-18-10-15(22-13(2)25)6-7-19(18)29-3/h6-7,9-12,23H,4-5,8H2,1-3H3,(H,22,25)/t12-/m0/s1. The molecule has 8 nitrogen and oxygen atoms in total. The summed E-state index contributed by atoms with van der Waals surface area (Å²) in [6.07, 6.45) is 1.53. The maximum atomic E-state index is 13.2. The van der Waals surface area contributed by atoms with E-state index in [1.165, 1.54) is 20.1 Å². The zero-order chi connectivity index (χ0) is 21.6. The lowest BCUT2D eigenvalue weighted by molar-refractivity contribution is -0.119. The van der Waals surface area contributed by atoms with E-state index in [2.05, 4.69) is 10.0 Å². The van der Waals surface area contributed by atoms with E-state index < -0.39 is 10.0 Å². The second-order valence-corrected chi connectivity index (χ2v) is 9.22. The van der Waals surface area contributed by atoms with Crippen LogP contribution in [0.4, 0.5) is 17.1 Å². The van der Waals surface area contributed by atoms with Gasteiger partial charge in [-0.25, -0.2) is 8.42 Å². The number of hydrogen-bond acceptors (Lipinski definition) is 5. The number of rotatable bonds is 5. The van der Waals surface area contributed by atoms with Crippen molar-refractivity contribution in [1.29, 1.82) is 0 Å². The van der Waals surface area contributed by atoms with E-state index in [0.717, 1.165) is 29.7 Å². The molecule has 0 aromatic heterocycles. The normalized spacial score (nSPS) is 17.5. The predicted octanol–water partition coefficient (Wildman–Crippen LogP) is 2.85. The molecule has 0 bridgehead atoms. The van der Waals surface area contributed by atoms with E-state index in [0.29, 0.717) is 18.0 Å². The van der Waals surface area contributed by atoms with Gasteiger partial charge in [-0.3, -0.25) is 14.3 Å². The van der Waals surface area contributed by atoms with E-state index in [4.69, 9.17) is 4.74 Å². The van der Waals surface area contributed by atoms with Gasteiger partial charge in [-0.05, 0) is 61.2 Å². The number of nitrogens with zero attached hydrogens (tertiary/aromatic N) is 1. The molecule has 30 heavy (non-hydrogen) atoms. The Kier molecular flexibility index (Phi) is 4.93. The first-order valence-electron chi connectivity index (χ1n) is 9.68. The first-order chi connectivity index (χ1) is 14.2. The minimum atomic E-state index is -3.95. The zero-order valence-corrected chi connectivity index (χ0v) is 17.8. The van der Waals surface area contributed by atoms with Gasteiger partial charge in [0.05, 0.1) is 29.3 Å². The Hall–Kier alpha value is -3.07. The predicted molar refractivity (Wildman–Crippen MR) is 114 cm³/mol. The van der Waals surface area contributed by atoms with E-state index in [-0.39, 0.29) is 28.3 Å². The highest BCUT2D eigenvalue weighted by molar-refractivity contribution is 7.92. The number of anilines is 3. The Morgan fingerprint density at radius 3 is 2.70 bits per heavy atom. The van der Waals surface area contributed by atoms with Gasteiger partial charge in [-0.2, -0.15) is 0 Å². The van der Waals surface area contributed by atoms with Crippen LogP contribution < -0.4 is 19.7 Å². The molecule has 9 heteroatoms. The van der Waals surface area contributed by atoms with Crippen LogP contribution in [0, 0.1) is 0 Å². The molecule has 2 N–H and O–H groups in total. The number of amides is 2. The third-order valence-corrected chi connectivity index (χ3v) is 6.81. The molecule has 0 radical (unpaired) electrons. The fourth-order valence-electron chi connectivity index (χ4n) is 4.09. The lowest BCUT2D eigenvalue weighted by atomic mass is 9.97. The Labute approximate surface area is 175 Å². The fraction of sp³-hybridized carbons (Fsp3) is 0.333. The van der Waals surface area contributed by atoms with Crippen LogP contribution in [0.15, 0.2) is 35.2 Å². The third kappa shape index (κ3) is 3.39. The average molecular weight is 429 g/mol. The number of sulfonamides is 1. The molecular weight excluding hydrogens is 406 g/mol. The highest BCUT2D eigenvalue weighted by Gasteiger charge is 2.38. The number of nitrogens with one attached hydrogen (secondary N) is 2. The smallest absolute Gasteiger partial charge is 0.262 e. The van der Waals surface area contributed by atoms with Crippen LogP contribution in [0.2, 0.25) is 0 Å². The van der Waals surface area contributed by atoms with Crippen molar-refractivity contribution in [3.8, 4) is 5.75 Å². The summed E-state index contributed by atoms with van der Waals surface area (Å²) in [5, 5.41) is 2.63. The van der Waals surface area contributed by atoms with Crippen LogP contribution in [-0.2, 0) is 26.0 Å². The van der Waals surface area contributed by atoms with Gasteiger partial charge in [0.1, 0.15) is 5.75 Å². The van der Waals surface area contributed by atoms with Crippen molar-refractivity contribution in [2.45, 2.75) is 37.5 Å². The summed E-state index contributed by atoms with van der Waals surface area (Å²) < 4.78 is 34.2. The number of ether oxygens (including phenoxy) is 1. The molecule has 2 aliphatic heterocycles. The molecular formula is C21H23N3O5S. The SMILES string of the molecule is COc1ccc(NC(C)=O)cc1NS(=O)(=O)c1cc2c3c(c1)[C@H](C)C(=O)N3CCC2. The van der Waals surface area contributed by atoms with Crippen LogP contribution in [0.1, 0.15) is 37.3 Å². The highest BCUT2D eigenvalue weighted by Crippen LogP contribution is 2.44. The van der Waals surface area contributed by atoms with Gasteiger partial charge in [0.15, 0.2) is 0 Å². The van der Waals surface area contributed by atoms with Crippen LogP contribution in [-0.4, -0.2) is 33.9 Å². The Morgan fingerprint density at radius 1 is 1.23 bits per heavy atom. The molecule has 0 saturated heterocycles. The zero-order valence-electron chi connectivity index (χ0n) is 17.0. The lowest BCUT2D eigenvalue weighted by Crippen LogP contribution is -2.32. The molecule has 2 aliphatic rings. The summed E-state index contributed by atoms with van der Waals surface area (Å²) in [4.78, 5) is 25.8. The molecule has 2 aromatic rings.